The van der Waals surface area contributed by atoms with Crippen molar-refractivity contribution in [2.45, 2.75) is 13.8 Å². The molecule has 0 aliphatic rings. The molecule has 0 unspecified atom stereocenters. The number of nitrogens with zero attached hydrogens (tertiary/aromatic N) is 2. The molecule has 1 heterocycles. The highest BCUT2D eigenvalue weighted by Gasteiger charge is 2.18. The topological polar surface area (TPSA) is 110 Å². The number of amides is 1. The molecule has 8 nitrogen and oxygen atoms in total. The van der Waals surface area contributed by atoms with Crippen molar-refractivity contribution in [2.24, 2.45) is 0 Å². The van der Waals surface area contributed by atoms with Crippen LogP contribution in [0.3, 0.4) is 0 Å². The third-order valence-electron chi connectivity index (χ3n) is 2.69. The summed E-state index contributed by atoms with van der Waals surface area (Å²) in [5, 5.41) is 20.0. The van der Waals surface area contributed by atoms with Gasteiger partial charge in [0.1, 0.15) is 5.69 Å². The number of nitrogens with one attached hydrogen (secondary N) is 2. The van der Waals surface area contributed by atoms with Crippen molar-refractivity contribution >= 4 is 23.2 Å². The molecule has 0 saturated heterocycles. The summed E-state index contributed by atoms with van der Waals surface area (Å²) in [6.07, 6.45) is 0. The largest absolute Gasteiger partial charge is 0.380 e. The van der Waals surface area contributed by atoms with Crippen LogP contribution in [0.4, 0.5) is 17.3 Å². The Labute approximate surface area is 120 Å². The minimum atomic E-state index is -0.534. The maximum absolute atomic E-state index is 12.0. The molecule has 0 saturated carbocycles. The predicted molar refractivity (Wildman–Crippen MR) is 76.5 cm³/mol. The second kappa shape index (κ2) is 6.04. The van der Waals surface area contributed by atoms with E-state index in [0.717, 1.165) is 0 Å². The minimum Gasteiger partial charge on any atom is -0.380 e. The van der Waals surface area contributed by atoms with Gasteiger partial charge < -0.3 is 9.84 Å². The van der Waals surface area contributed by atoms with Crippen molar-refractivity contribution in [2.75, 3.05) is 17.2 Å². The van der Waals surface area contributed by atoms with Crippen molar-refractivity contribution in [1.82, 2.24) is 5.16 Å². The van der Waals surface area contributed by atoms with E-state index in [1.807, 2.05) is 6.92 Å². The number of carbonyl (C=O) groups excluding carboxylic acids is 1. The second-order valence-electron chi connectivity index (χ2n) is 4.31. The lowest BCUT2D eigenvalue weighted by molar-refractivity contribution is -0.384. The number of aryl methyl sites for hydroxylation is 1. The number of rotatable bonds is 5. The van der Waals surface area contributed by atoms with Crippen LogP contribution in [0.2, 0.25) is 0 Å². The molecule has 110 valence electrons. The van der Waals surface area contributed by atoms with Gasteiger partial charge in [0.15, 0.2) is 0 Å². The van der Waals surface area contributed by atoms with Gasteiger partial charge in [-0.25, -0.2) is 0 Å². The first-order chi connectivity index (χ1) is 10.0. The molecule has 0 atom stereocenters. The lowest BCUT2D eigenvalue weighted by Gasteiger charge is -2.06. The molecule has 2 rings (SSSR count). The number of benzene rings is 1. The number of carbonyl (C=O) groups is 1. The molecule has 0 spiro atoms. The van der Waals surface area contributed by atoms with Crippen molar-refractivity contribution in [3.8, 4) is 0 Å². The maximum atomic E-state index is 12.0. The number of nitro benzene ring substituents is 1. The molecule has 2 N–H and O–H groups in total. The van der Waals surface area contributed by atoms with Crippen LogP contribution in [0.5, 0.6) is 0 Å². The lowest BCUT2D eigenvalue weighted by atomic mass is 10.1. The van der Waals surface area contributed by atoms with Crippen LogP contribution >= 0.6 is 0 Å². The zero-order chi connectivity index (χ0) is 15.4. The van der Waals surface area contributed by atoms with E-state index in [4.69, 9.17) is 4.52 Å². The Bertz CT molecular complexity index is 681. The smallest absolute Gasteiger partial charge is 0.293 e. The average Bonchev–Trinajstić information content (AvgIpc) is 2.84. The van der Waals surface area contributed by atoms with Gasteiger partial charge in [-0.15, -0.1) is 0 Å². The van der Waals surface area contributed by atoms with Gasteiger partial charge >= 0.3 is 0 Å². The summed E-state index contributed by atoms with van der Waals surface area (Å²) >= 11 is 0. The first-order valence-corrected chi connectivity index (χ1v) is 6.28. The average molecular weight is 290 g/mol. The molecule has 0 fully saturated rings. The quantitative estimate of drug-likeness (QED) is 0.646. The predicted octanol–water partition coefficient (Wildman–Crippen LogP) is 2.58. The van der Waals surface area contributed by atoms with Crippen LogP contribution in [0.15, 0.2) is 28.8 Å². The van der Waals surface area contributed by atoms with Gasteiger partial charge in [0.25, 0.3) is 11.6 Å². The molecule has 1 aromatic carbocycles. The highest BCUT2D eigenvalue weighted by molar-refractivity contribution is 6.04. The fourth-order valence-electron chi connectivity index (χ4n) is 1.77. The first kappa shape index (κ1) is 14.5. The summed E-state index contributed by atoms with van der Waals surface area (Å²) < 4.78 is 4.87. The van der Waals surface area contributed by atoms with E-state index in [1.54, 1.807) is 13.0 Å². The zero-order valence-electron chi connectivity index (χ0n) is 11.5. The summed E-state index contributed by atoms with van der Waals surface area (Å²) in [5.41, 5.74) is 1.00. The molecular weight excluding hydrogens is 276 g/mol. The number of nitro groups is 1. The Morgan fingerprint density at radius 1 is 1.43 bits per heavy atom. The third kappa shape index (κ3) is 3.35. The Morgan fingerprint density at radius 3 is 2.76 bits per heavy atom. The fourth-order valence-corrected chi connectivity index (χ4v) is 1.77. The van der Waals surface area contributed by atoms with Crippen LogP contribution in [0.25, 0.3) is 0 Å². The molecule has 1 amide bonds. The molecule has 0 radical (unpaired) electrons. The number of hydrogen-bond acceptors (Lipinski definition) is 6. The van der Waals surface area contributed by atoms with Crippen molar-refractivity contribution in [1.29, 1.82) is 0 Å². The van der Waals surface area contributed by atoms with Gasteiger partial charge in [0.05, 0.1) is 10.6 Å². The summed E-state index contributed by atoms with van der Waals surface area (Å²) in [6.45, 7) is 4.09. The van der Waals surface area contributed by atoms with Gasteiger partial charge in [0.2, 0.25) is 5.88 Å². The van der Waals surface area contributed by atoms with E-state index in [2.05, 4.69) is 15.8 Å². The van der Waals surface area contributed by atoms with Crippen LogP contribution in [-0.2, 0) is 0 Å². The highest BCUT2D eigenvalue weighted by Crippen LogP contribution is 2.25. The zero-order valence-corrected chi connectivity index (χ0v) is 11.5. The van der Waals surface area contributed by atoms with Crippen molar-refractivity contribution in [3.63, 3.8) is 0 Å². The fraction of sp³-hybridized carbons (Fsp3) is 0.231. The molecule has 21 heavy (non-hydrogen) atoms. The van der Waals surface area contributed by atoms with E-state index < -0.39 is 10.8 Å². The molecule has 2 aromatic rings. The van der Waals surface area contributed by atoms with Crippen molar-refractivity contribution < 1.29 is 14.2 Å². The Kier molecular flexibility index (Phi) is 4.17. The lowest BCUT2D eigenvalue weighted by Crippen LogP contribution is -2.12. The Balaban J connectivity index is 2.25. The summed E-state index contributed by atoms with van der Waals surface area (Å²) in [4.78, 5) is 22.5. The molecule has 8 heteroatoms. The number of hydrogen-bond donors (Lipinski definition) is 2. The molecular formula is C13H14N4O4. The van der Waals surface area contributed by atoms with Gasteiger partial charge in [0, 0.05) is 24.2 Å². The Hall–Kier alpha value is -2.90. The standard InChI is InChI=1S/C13H14N4O4/c1-3-14-10-5-4-9(7-11(10)17(19)20)13(18)15-12-6-8(2)16-21-12/h4-7,14H,3H2,1-2H3,(H,15,18). The third-order valence-corrected chi connectivity index (χ3v) is 2.69. The van der Waals surface area contributed by atoms with Crippen LogP contribution in [-0.4, -0.2) is 22.5 Å². The molecule has 1 aromatic heterocycles. The van der Waals surface area contributed by atoms with E-state index in [1.165, 1.54) is 18.2 Å². The second-order valence-corrected chi connectivity index (χ2v) is 4.31. The summed E-state index contributed by atoms with van der Waals surface area (Å²) in [6, 6.07) is 5.78. The number of aromatic nitrogens is 1. The van der Waals surface area contributed by atoms with Crippen molar-refractivity contribution in [3.05, 3.63) is 45.6 Å². The van der Waals surface area contributed by atoms with Gasteiger partial charge in [-0.1, -0.05) is 5.16 Å². The highest BCUT2D eigenvalue weighted by atomic mass is 16.6. The number of anilines is 2. The summed E-state index contributed by atoms with van der Waals surface area (Å²) in [7, 11) is 0. The summed E-state index contributed by atoms with van der Waals surface area (Å²) in [5.74, 6) is -0.312. The van der Waals surface area contributed by atoms with Gasteiger partial charge in [-0.3, -0.25) is 20.2 Å². The molecule has 0 aliphatic carbocycles. The van der Waals surface area contributed by atoms with Gasteiger partial charge in [-0.05, 0) is 26.0 Å². The van der Waals surface area contributed by atoms with E-state index in [-0.39, 0.29) is 17.1 Å². The van der Waals surface area contributed by atoms with E-state index in [9.17, 15) is 14.9 Å². The van der Waals surface area contributed by atoms with Crippen LogP contribution in [0, 0.1) is 17.0 Å². The normalized spacial score (nSPS) is 10.2. The van der Waals surface area contributed by atoms with Gasteiger partial charge in [-0.2, -0.15) is 0 Å². The first-order valence-electron chi connectivity index (χ1n) is 6.28. The minimum absolute atomic E-state index is 0.154. The molecule has 0 bridgehead atoms. The monoisotopic (exact) mass is 290 g/mol. The maximum Gasteiger partial charge on any atom is 0.293 e. The van der Waals surface area contributed by atoms with Crippen LogP contribution < -0.4 is 10.6 Å². The SMILES string of the molecule is CCNc1ccc(C(=O)Nc2cc(C)no2)cc1[N+](=O)[O-]. The molecule has 0 aliphatic heterocycles. The van der Waals surface area contributed by atoms with Crippen LogP contribution in [0.1, 0.15) is 23.0 Å². The van der Waals surface area contributed by atoms with E-state index >= 15 is 0 Å². The van der Waals surface area contributed by atoms with E-state index in [0.29, 0.717) is 17.9 Å². The Morgan fingerprint density at radius 2 is 2.19 bits per heavy atom.